The van der Waals surface area contributed by atoms with Crippen LogP contribution >= 0.6 is 0 Å². The fourth-order valence-electron chi connectivity index (χ4n) is 0.0742. The van der Waals surface area contributed by atoms with Crippen LogP contribution in [0.4, 0.5) is 13.2 Å². The average Bonchev–Trinajstić information content (AvgIpc) is 1.59. The third-order valence-corrected chi connectivity index (χ3v) is 0.182. The van der Waals surface area contributed by atoms with Gasteiger partial charge in [0.25, 0.3) is 0 Å². The Morgan fingerprint density at radius 1 is 1.38 bits per heavy atom. The molecule has 0 bridgehead atoms. The molecule has 0 fully saturated rings. The van der Waals surface area contributed by atoms with Crippen molar-refractivity contribution in [2.75, 3.05) is 0 Å². The molecule has 0 aromatic carbocycles. The number of carbonyl (C=O) groups excluding carboxylic acids is 1. The fraction of sp³-hybridized carbons (Fsp3) is 0.500. The van der Waals surface area contributed by atoms with Crippen LogP contribution in [0.15, 0.2) is 0 Å². The molecule has 0 aliphatic heterocycles. The molecular weight excluding hydrogens is 129 g/mol. The van der Waals surface area contributed by atoms with Gasteiger partial charge in [-0.2, -0.15) is 0 Å². The lowest BCUT2D eigenvalue weighted by atomic mass is 11.4. The standard InChI is InChI=1S/C2HF3O3/c3-2(4,5)8-7-1-6/h1H. The Morgan fingerprint density at radius 2 is 1.88 bits per heavy atom. The molecule has 0 aromatic rings. The molecule has 8 heavy (non-hydrogen) atoms. The summed E-state index contributed by atoms with van der Waals surface area (Å²) >= 11 is 0. The molecule has 0 amide bonds. The molecule has 0 spiro atoms. The number of carbonyl (C=O) groups is 1. The van der Waals surface area contributed by atoms with Crippen LogP contribution in [-0.2, 0) is 14.6 Å². The molecule has 0 saturated carbocycles. The van der Waals surface area contributed by atoms with Crippen molar-refractivity contribution in [1.82, 2.24) is 0 Å². The molecule has 0 aromatic heterocycles. The quantitative estimate of drug-likeness (QED) is 0.312. The molecule has 0 unspecified atom stereocenters. The molecule has 0 N–H and O–H groups in total. The Balaban J connectivity index is 3.24. The van der Waals surface area contributed by atoms with Gasteiger partial charge in [0.1, 0.15) is 0 Å². The van der Waals surface area contributed by atoms with E-state index in [9.17, 15) is 13.2 Å². The third-order valence-electron chi connectivity index (χ3n) is 0.182. The molecule has 3 nitrogen and oxygen atoms in total. The zero-order valence-corrected chi connectivity index (χ0v) is 3.44. The van der Waals surface area contributed by atoms with E-state index in [1.165, 1.54) is 0 Å². The molecule has 0 heterocycles. The second kappa shape index (κ2) is 2.51. The summed E-state index contributed by atoms with van der Waals surface area (Å²) in [5.74, 6) is 0. The van der Waals surface area contributed by atoms with Gasteiger partial charge < -0.3 is 0 Å². The molecule has 0 saturated heterocycles. The zero-order valence-electron chi connectivity index (χ0n) is 3.44. The third kappa shape index (κ3) is 5.22. The lowest BCUT2D eigenvalue weighted by molar-refractivity contribution is -0.458. The van der Waals surface area contributed by atoms with E-state index < -0.39 is 12.8 Å². The summed E-state index contributed by atoms with van der Waals surface area (Å²) in [4.78, 5) is 14.4. The van der Waals surface area contributed by atoms with Crippen LogP contribution in [0, 0.1) is 0 Å². The van der Waals surface area contributed by atoms with Gasteiger partial charge in [-0.15, -0.1) is 13.2 Å². The topological polar surface area (TPSA) is 35.5 Å². The normalized spacial score (nSPS) is 10.9. The van der Waals surface area contributed by atoms with Gasteiger partial charge in [0.15, 0.2) is 0 Å². The van der Waals surface area contributed by atoms with Crippen molar-refractivity contribution >= 4 is 6.47 Å². The summed E-state index contributed by atoms with van der Waals surface area (Å²) < 4.78 is 32.2. The van der Waals surface area contributed by atoms with Gasteiger partial charge in [-0.3, -0.25) is 9.68 Å². The summed E-state index contributed by atoms with van der Waals surface area (Å²) in [5.41, 5.74) is 0. The van der Waals surface area contributed by atoms with Crippen LogP contribution in [-0.4, -0.2) is 12.8 Å². The minimum Gasteiger partial charge on any atom is -0.293 e. The summed E-state index contributed by atoms with van der Waals surface area (Å²) in [6.45, 7) is -0.465. The van der Waals surface area contributed by atoms with Gasteiger partial charge in [-0.25, -0.2) is 0 Å². The Morgan fingerprint density at radius 3 is 2.00 bits per heavy atom. The summed E-state index contributed by atoms with van der Waals surface area (Å²) in [6.07, 6.45) is -4.90. The zero-order chi connectivity index (χ0) is 6.62. The first-order valence-electron chi connectivity index (χ1n) is 1.41. The summed E-state index contributed by atoms with van der Waals surface area (Å²) in [7, 11) is 0. The van der Waals surface area contributed by atoms with Crippen molar-refractivity contribution in [2.24, 2.45) is 0 Å². The Labute approximate surface area is 41.9 Å². The number of halogens is 3. The van der Waals surface area contributed by atoms with Gasteiger partial charge in [0, 0.05) is 0 Å². The molecule has 0 aliphatic carbocycles. The van der Waals surface area contributed by atoms with Crippen molar-refractivity contribution in [3.8, 4) is 0 Å². The first kappa shape index (κ1) is 7.22. The van der Waals surface area contributed by atoms with Crippen molar-refractivity contribution in [3.63, 3.8) is 0 Å². The van der Waals surface area contributed by atoms with Gasteiger partial charge >= 0.3 is 12.8 Å². The number of hydrogen-bond donors (Lipinski definition) is 0. The average molecular weight is 130 g/mol. The molecule has 0 aliphatic rings. The van der Waals surface area contributed by atoms with Crippen molar-refractivity contribution in [3.05, 3.63) is 0 Å². The Hall–Kier alpha value is -0.780. The van der Waals surface area contributed by atoms with E-state index in [0.717, 1.165) is 0 Å². The SMILES string of the molecule is O=COOC(F)(F)F. The minimum atomic E-state index is -4.90. The second-order valence-corrected chi connectivity index (χ2v) is 0.722. The van der Waals surface area contributed by atoms with E-state index in [4.69, 9.17) is 4.79 Å². The highest BCUT2D eigenvalue weighted by molar-refractivity contribution is 5.35. The fourth-order valence-corrected chi connectivity index (χ4v) is 0.0742. The van der Waals surface area contributed by atoms with Gasteiger partial charge in [0.2, 0.25) is 0 Å². The van der Waals surface area contributed by atoms with Crippen LogP contribution in [0.3, 0.4) is 0 Å². The van der Waals surface area contributed by atoms with E-state index in [2.05, 4.69) is 9.78 Å². The lowest BCUT2D eigenvalue weighted by Gasteiger charge is -1.99. The largest absolute Gasteiger partial charge is 0.558 e. The molecular formula is C2HF3O3. The highest BCUT2D eigenvalue weighted by Gasteiger charge is 2.31. The lowest BCUT2D eigenvalue weighted by Crippen LogP contribution is -2.12. The summed E-state index contributed by atoms with van der Waals surface area (Å²) in [5, 5.41) is 0. The number of hydrogen-bond acceptors (Lipinski definition) is 3. The predicted octanol–water partition coefficient (Wildman–Crippen LogP) is 0.611. The second-order valence-electron chi connectivity index (χ2n) is 0.722. The van der Waals surface area contributed by atoms with E-state index in [0.29, 0.717) is 0 Å². The van der Waals surface area contributed by atoms with Crippen LogP contribution in [0.5, 0.6) is 0 Å². The molecule has 48 valence electrons. The molecule has 6 heteroatoms. The number of rotatable bonds is 2. The minimum absolute atomic E-state index is 0.465. The number of alkyl halides is 3. The van der Waals surface area contributed by atoms with Crippen LogP contribution < -0.4 is 0 Å². The van der Waals surface area contributed by atoms with Gasteiger partial charge in [-0.1, -0.05) is 4.89 Å². The van der Waals surface area contributed by atoms with Crippen molar-refractivity contribution in [1.29, 1.82) is 0 Å². The Bertz CT molecular complexity index is 77.1. The Kier molecular flexibility index (Phi) is 2.26. The van der Waals surface area contributed by atoms with Crippen LogP contribution in [0.1, 0.15) is 0 Å². The van der Waals surface area contributed by atoms with E-state index in [1.807, 2.05) is 0 Å². The molecule has 0 rings (SSSR count). The van der Waals surface area contributed by atoms with E-state index in [-0.39, 0.29) is 0 Å². The van der Waals surface area contributed by atoms with Crippen LogP contribution in [0.2, 0.25) is 0 Å². The smallest absolute Gasteiger partial charge is 0.293 e. The molecule has 0 atom stereocenters. The maximum absolute atomic E-state index is 10.7. The first-order chi connectivity index (χ1) is 3.56. The van der Waals surface area contributed by atoms with Crippen LogP contribution in [0.25, 0.3) is 0 Å². The first-order valence-corrected chi connectivity index (χ1v) is 1.41. The van der Waals surface area contributed by atoms with E-state index >= 15 is 0 Å². The maximum atomic E-state index is 10.7. The van der Waals surface area contributed by atoms with Gasteiger partial charge in [-0.05, 0) is 0 Å². The summed E-state index contributed by atoms with van der Waals surface area (Å²) in [6, 6.07) is 0. The van der Waals surface area contributed by atoms with Gasteiger partial charge in [0.05, 0.1) is 0 Å². The monoisotopic (exact) mass is 130 g/mol. The van der Waals surface area contributed by atoms with Crippen molar-refractivity contribution in [2.45, 2.75) is 6.36 Å². The predicted molar refractivity (Wildman–Crippen MR) is 14.3 cm³/mol. The molecule has 0 radical (unpaired) electrons. The maximum Gasteiger partial charge on any atom is 0.558 e. The van der Waals surface area contributed by atoms with Crippen molar-refractivity contribution < 1.29 is 27.7 Å². The highest BCUT2D eigenvalue weighted by Crippen LogP contribution is 2.15. The van der Waals surface area contributed by atoms with E-state index in [1.54, 1.807) is 0 Å². The highest BCUT2D eigenvalue weighted by atomic mass is 19.4.